The predicted molar refractivity (Wildman–Crippen MR) is 52.9 cm³/mol. The van der Waals surface area contributed by atoms with Crippen LogP contribution in [-0.2, 0) is 5.11 Å². The molecule has 0 unspecified atom stereocenters. The zero-order chi connectivity index (χ0) is 9.36. The molecule has 4 heteroatoms. The summed E-state index contributed by atoms with van der Waals surface area (Å²) in [7, 11) is 0. The largest absolute Gasteiger partial charge is 0.484 e. The molecule has 0 amide bonds. The molecule has 1 aromatic heterocycles. The topological polar surface area (TPSA) is 41.2 Å². The molecular formula is C9H14NO2S. The Hall–Kier alpha value is -0.580. The lowest BCUT2D eigenvalue weighted by atomic mass is 10.4. The monoisotopic (exact) mass is 200 g/mol. The Bertz CT molecular complexity index is 201. The molecule has 0 aliphatic heterocycles. The zero-order valence-corrected chi connectivity index (χ0v) is 8.31. The Morgan fingerprint density at radius 3 is 3.08 bits per heavy atom. The molecule has 0 bridgehead atoms. The number of thiophene rings is 1. The van der Waals surface area contributed by atoms with Crippen molar-refractivity contribution in [2.75, 3.05) is 26.3 Å². The van der Waals surface area contributed by atoms with E-state index in [-0.39, 0.29) is 6.61 Å². The fourth-order valence-corrected chi connectivity index (χ4v) is 1.51. The first-order valence-corrected chi connectivity index (χ1v) is 5.26. The van der Waals surface area contributed by atoms with Gasteiger partial charge in [0.25, 0.3) is 0 Å². The Morgan fingerprint density at radius 2 is 2.38 bits per heavy atom. The van der Waals surface area contributed by atoms with Gasteiger partial charge in [-0.2, -0.15) is 0 Å². The third-order valence-corrected chi connectivity index (χ3v) is 2.30. The second-order valence-corrected chi connectivity index (χ2v) is 3.50. The minimum absolute atomic E-state index is 0.0498. The van der Waals surface area contributed by atoms with Crippen molar-refractivity contribution >= 4 is 11.3 Å². The maximum atomic E-state index is 10.1. The van der Waals surface area contributed by atoms with Crippen LogP contribution in [0.3, 0.4) is 0 Å². The van der Waals surface area contributed by atoms with Crippen LogP contribution in [0.1, 0.15) is 6.42 Å². The Morgan fingerprint density at radius 1 is 1.46 bits per heavy atom. The van der Waals surface area contributed by atoms with Crippen LogP contribution in [0.4, 0.5) is 0 Å². The summed E-state index contributed by atoms with van der Waals surface area (Å²) in [4.78, 5) is 0. The summed E-state index contributed by atoms with van der Waals surface area (Å²) in [5.41, 5.74) is 0. The highest BCUT2D eigenvalue weighted by atomic mass is 32.1. The molecule has 0 aliphatic carbocycles. The molecular weight excluding hydrogens is 186 g/mol. The van der Waals surface area contributed by atoms with Gasteiger partial charge in [-0.15, -0.1) is 11.3 Å². The third kappa shape index (κ3) is 4.87. The highest BCUT2D eigenvalue weighted by Gasteiger charge is 1.92. The lowest BCUT2D eigenvalue weighted by Gasteiger charge is -2.03. The highest BCUT2D eigenvalue weighted by molar-refractivity contribution is 7.11. The summed E-state index contributed by atoms with van der Waals surface area (Å²) in [5, 5.41) is 16.0. The van der Waals surface area contributed by atoms with Gasteiger partial charge in [-0.1, -0.05) is 0 Å². The van der Waals surface area contributed by atoms with Crippen molar-refractivity contribution in [3.05, 3.63) is 17.5 Å². The van der Waals surface area contributed by atoms with E-state index in [0.717, 1.165) is 18.0 Å². The van der Waals surface area contributed by atoms with E-state index in [0.29, 0.717) is 13.2 Å². The zero-order valence-electron chi connectivity index (χ0n) is 7.49. The van der Waals surface area contributed by atoms with E-state index in [4.69, 9.17) is 4.74 Å². The molecule has 1 aromatic rings. The SMILES string of the molecule is [O]CCNCCCOc1cccs1. The smallest absolute Gasteiger partial charge is 0.173 e. The van der Waals surface area contributed by atoms with Crippen molar-refractivity contribution in [1.29, 1.82) is 0 Å². The van der Waals surface area contributed by atoms with Crippen LogP contribution in [0.2, 0.25) is 0 Å². The molecule has 0 atom stereocenters. The van der Waals surface area contributed by atoms with Crippen LogP contribution in [-0.4, -0.2) is 26.3 Å². The number of nitrogens with one attached hydrogen (secondary N) is 1. The van der Waals surface area contributed by atoms with Crippen molar-refractivity contribution in [2.45, 2.75) is 6.42 Å². The van der Waals surface area contributed by atoms with Gasteiger partial charge in [0, 0.05) is 6.54 Å². The van der Waals surface area contributed by atoms with Crippen LogP contribution in [0.25, 0.3) is 0 Å². The summed E-state index contributed by atoms with van der Waals surface area (Å²) < 4.78 is 5.43. The van der Waals surface area contributed by atoms with Gasteiger partial charge in [0.1, 0.15) is 0 Å². The summed E-state index contributed by atoms with van der Waals surface area (Å²) in [6, 6.07) is 3.92. The molecule has 0 aliphatic rings. The maximum absolute atomic E-state index is 10.1. The molecule has 0 aromatic carbocycles. The van der Waals surface area contributed by atoms with Gasteiger partial charge in [0.15, 0.2) is 5.06 Å². The first-order valence-electron chi connectivity index (χ1n) is 4.38. The minimum Gasteiger partial charge on any atom is -0.484 e. The van der Waals surface area contributed by atoms with Gasteiger partial charge >= 0.3 is 0 Å². The third-order valence-electron chi connectivity index (χ3n) is 1.52. The van der Waals surface area contributed by atoms with Gasteiger partial charge in [-0.05, 0) is 30.5 Å². The van der Waals surface area contributed by atoms with E-state index in [2.05, 4.69) is 5.32 Å². The van der Waals surface area contributed by atoms with Crippen LogP contribution in [0.15, 0.2) is 17.5 Å². The van der Waals surface area contributed by atoms with Gasteiger partial charge in [0.2, 0.25) is 0 Å². The van der Waals surface area contributed by atoms with Gasteiger partial charge < -0.3 is 10.1 Å². The fourth-order valence-electron chi connectivity index (χ4n) is 0.913. The molecule has 0 saturated heterocycles. The Labute approximate surface area is 82.4 Å². The second-order valence-electron chi connectivity index (χ2n) is 2.59. The van der Waals surface area contributed by atoms with Crippen molar-refractivity contribution in [1.82, 2.24) is 5.32 Å². The average molecular weight is 200 g/mol. The average Bonchev–Trinajstić information content (AvgIpc) is 2.63. The first-order chi connectivity index (χ1) is 6.43. The van der Waals surface area contributed by atoms with Gasteiger partial charge in [-0.3, -0.25) is 0 Å². The number of ether oxygens (including phenoxy) is 1. The molecule has 1 rings (SSSR count). The van der Waals surface area contributed by atoms with Crippen molar-refractivity contribution in [2.24, 2.45) is 0 Å². The van der Waals surface area contributed by atoms with E-state index in [1.54, 1.807) is 11.3 Å². The van der Waals surface area contributed by atoms with E-state index < -0.39 is 0 Å². The predicted octanol–water partition coefficient (Wildman–Crippen LogP) is 1.54. The number of hydrogen-bond donors (Lipinski definition) is 1. The molecule has 73 valence electrons. The summed E-state index contributed by atoms with van der Waals surface area (Å²) in [5.74, 6) is 0. The van der Waals surface area contributed by atoms with Crippen LogP contribution < -0.4 is 10.1 Å². The Balaban J connectivity index is 1.90. The van der Waals surface area contributed by atoms with Crippen LogP contribution >= 0.6 is 11.3 Å². The van der Waals surface area contributed by atoms with Gasteiger partial charge in [0.05, 0.1) is 13.2 Å². The quantitative estimate of drug-likeness (QED) is 0.678. The number of hydrogen-bond acceptors (Lipinski definition) is 3. The lowest BCUT2D eigenvalue weighted by Crippen LogP contribution is -2.20. The van der Waals surface area contributed by atoms with E-state index in [1.165, 1.54) is 0 Å². The van der Waals surface area contributed by atoms with Crippen LogP contribution in [0, 0.1) is 0 Å². The van der Waals surface area contributed by atoms with Crippen molar-refractivity contribution < 1.29 is 9.84 Å². The number of rotatable bonds is 7. The lowest BCUT2D eigenvalue weighted by molar-refractivity contribution is 0.193. The molecule has 1 N–H and O–H groups in total. The second kappa shape index (κ2) is 6.88. The normalized spacial score (nSPS) is 10.2. The Kier molecular flexibility index (Phi) is 5.56. The molecule has 0 saturated carbocycles. The van der Waals surface area contributed by atoms with Crippen molar-refractivity contribution in [3.63, 3.8) is 0 Å². The fraction of sp³-hybridized carbons (Fsp3) is 0.556. The van der Waals surface area contributed by atoms with E-state index in [1.807, 2.05) is 17.5 Å². The highest BCUT2D eigenvalue weighted by Crippen LogP contribution is 2.17. The van der Waals surface area contributed by atoms with E-state index in [9.17, 15) is 5.11 Å². The van der Waals surface area contributed by atoms with Crippen molar-refractivity contribution in [3.8, 4) is 5.06 Å². The molecule has 0 spiro atoms. The summed E-state index contributed by atoms with van der Waals surface area (Å²) >= 11 is 1.60. The standard InChI is InChI=1S/C9H14NO2S/c11-6-5-10-4-2-7-12-9-3-1-8-13-9/h1,3,8,10H,2,4-7H2. The van der Waals surface area contributed by atoms with E-state index >= 15 is 0 Å². The summed E-state index contributed by atoms with van der Waals surface area (Å²) in [6.07, 6.45) is 0.942. The molecule has 13 heavy (non-hydrogen) atoms. The van der Waals surface area contributed by atoms with Gasteiger partial charge in [-0.25, -0.2) is 5.11 Å². The maximum Gasteiger partial charge on any atom is 0.173 e. The molecule has 3 nitrogen and oxygen atoms in total. The molecule has 1 radical (unpaired) electrons. The molecule has 1 heterocycles. The minimum atomic E-state index is -0.0498. The van der Waals surface area contributed by atoms with Crippen LogP contribution in [0.5, 0.6) is 5.06 Å². The molecule has 0 fully saturated rings. The summed E-state index contributed by atoms with van der Waals surface area (Å²) in [6.45, 7) is 2.07. The first kappa shape index (κ1) is 10.5.